The molecule has 196 valence electrons. The fourth-order valence-corrected chi connectivity index (χ4v) is 4.65. The van der Waals surface area contributed by atoms with Gasteiger partial charge in [-0.2, -0.15) is 5.10 Å². The van der Waals surface area contributed by atoms with Crippen molar-refractivity contribution in [1.82, 2.24) is 14.7 Å². The van der Waals surface area contributed by atoms with E-state index in [1.54, 1.807) is 28.8 Å². The minimum atomic E-state index is -0.456. The molecule has 3 aromatic carbocycles. The molecule has 1 atom stereocenters. The first-order chi connectivity index (χ1) is 18.5. The van der Waals surface area contributed by atoms with E-state index in [-0.39, 0.29) is 24.1 Å². The van der Waals surface area contributed by atoms with Crippen LogP contribution in [0.5, 0.6) is 17.4 Å². The number of methoxy groups -OCH3 is 1. The lowest BCUT2D eigenvalue weighted by molar-refractivity contribution is 0.0506. The standard InChI is InChI=1S/C30H30FN3O4/c1-33-30(38-25-15-13-24(36-2)14-16-25)27(28(32-33)21-8-4-3-5-9-21)20-34(19-26-12-7-17-37-26)29(35)22-10-6-11-23(31)18-22/h3-6,8-11,13-16,18,26H,7,12,17,19-20H2,1-2H3. The van der Waals surface area contributed by atoms with Crippen LogP contribution in [0.3, 0.4) is 0 Å². The Hall–Kier alpha value is -4.17. The number of ether oxygens (including phenoxy) is 3. The molecule has 1 unspecified atom stereocenters. The third-order valence-corrected chi connectivity index (χ3v) is 6.56. The highest BCUT2D eigenvalue weighted by Crippen LogP contribution is 2.35. The van der Waals surface area contributed by atoms with Crippen LogP contribution in [0.25, 0.3) is 11.3 Å². The van der Waals surface area contributed by atoms with Crippen molar-refractivity contribution >= 4 is 5.91 Å². The molecule has 0 radical (unpaired) electrons. The topological polar surface area (TPSA) is 65.8 Å². The summed E-state index contributed by atoms with van der Waals surface area (Å²) in [5.41, 5.74) is 2.64. The summed E-state index contributed by atoms with van der Waals surface area (Å²) in [6.45, 7) is 1.25. The van der Waals surface area contributed by atoms with Crippen LogP contribution in [0.2, 0.25) is 0 Å². The van der Waals surface area contributed by atoms with Gasteiger partial charge in [0.2, 0.25) is 5.88 Å². The molecule has 38 heavy (non-hydrogen) atoms. The van der Waals surface area contributed by atoms with Crippen LogP contribution in [0.1, 0.15) is 28.8 Å². The van der Waals surface area contributed by atoms with Gasteiger partial charge >= 0.3 is 0 Å². The Kier molecular flexibility index (Phi) is 7.70. The minimum absolute atomic E-state index is 0.0877. The van der Waals surface area contributed by atoms with Crippen molar-refractivity contribution in [2.45, 2.75) is 25.5 Å². The lowest BCUT2D eigenvalue weighted by Crippen LogP contribution is -2.37. The fourth-order valence-electron chi connectivity index (χ4n) is 4.65. The molecular weight excluding hydrogens is 485 g/mol. The van der Waals surface area contributed by atoms with Crippen LogP contribution >= 0.6 is 0 Å². The zero-order valence-corrected chi connectivity index (χ0v) is 21.5. The number of benzene rings is 3. The van der Waals surface area contributed by atoms with Crippen molar-refractivity contribution < 1.29 is 23.4 Å². The number of halogens is 1. The summed E-state index contributed by atoms with van der Waals surface area (Å²) in [5, 5.41) is 4.78. The SMILES string of the molecule is COc1ccc(Oc2c(CN(CC3CCCO3)C(=O)c3cccc(F)c3)c(-c3ccccc3)nn2C)cc1. The first-order valence-corrected chi connectivity index (χ1v) is 12.6. The van der Waals surface area contributed by atoms with Crippen molar-refractivity contribution in [3.8, 4) is 28.6 Å². The predicted molar refractivity (Wildman–Crippen MR) is 142 cm³/mol. The van der Waals surface area contributed by atoms with E-state index >= 15 is 0 Å². The van der Waals surface area contributed by atoms with E-state index in [1.165, 1.54) is 12.1 Å². The largest absolute Gasteiger partial charge is 0.497 e. The van der Waals surface area contributed by atoms with E-state index in [0.717, 1.165) is 29.7 Å². The summed E-state index contributed by atoms with van der Waals surface area (Å²) >= 11 is 0. The van der Waals surface area contributed by atoms with E-state index in [1.807, 2.05) is 61.6 Å². The van der Waals surface area contributed by atoms with Crippen molar-refractivity contribution in [3.05, 3.63) is 95.8 Å². The molecule has 1 aliphatic heterocycles. The third kappa shape index (κ3) is 5.70. The van der Waals surface area contributed by atoms with E-state index < -0.39 is 5.82 Å². The van der Waals surface area contributed by atoms with Crippen LogP contribution in [-0.2, 0) is 18.3 Å². The number of rotatable bonds is 9. The van der Waals surface area contributed by atoms with Crippen molar-refractivity contribution in [2.75, 3.05) is 20.3 Å². The highest BCUT2D eigenvalue weighted by Gasteiger charge is 2.28. The van der Waals surface area contributed by atoms with Crippen LogP contribution in [0.4, 0.5) is 4.39 Å². The Labute approximate surface area is 221 Å². The number of nitrogens with zero attached hydrogens (tertiary/aromatic N) is 3. The second-order valence-electron chi connectivity index (χ2n) is 9.23. The summed E-state index contributed by atoms with van der Waals surface area (Å²) in [7, 11) is 3.42. The van der Waals surface area contributed by atoms with Gasteiger partial charge in [0.25, 0.3) is 5.91 Å². The second-order valence-corrected chi connectivity index (χ2v) is 9.23. The molecule has 0 bridgehead atoms. The predicted octanol–water partition coefficient (Wildman–Crippen LogP) is 5.85. The molecule has 1 aliphatic rings. The summed E-state index contributed by atoms with van der Waals surface area (Å²) in [5.74, 6) is 1.10. The van der Waals surface area contributed by atoms with Gasteiger partial charge in [0.05, 0.1) is 25.3 Å². The normalized spacial score (nSPS) is 14.9. The molecule has 1 aromatic heterocycles. The monoisotopic (exact) mass is 515 g/mol. The summed E-state index contributed by atoms with van der Waals surface area (Å²) in [4.78, 5) is 15.4. The van der Waals surface area contributed by atoms with Crippen molar-refractivity contribution in [2.24, 2.45) is 7.05 Å². The molecule has 0 N–H and O–H groups in total. The van der Waals surface area contributed by atoms with Crippen molar-refractivity contribution in [3.63, 3.8) is 0 Å². The van der Waals surface area contributed by atoms with Gasteiger partial charge in [0.15, 0.2) is 0 Å². The number of carbonyl (C=O) groups is 1. The number of aryl methyl sites for hydroxylation is 1. The van der Waals surface area contributed by atoms with Gasteiger partial charge in [-0.3, -0.25) is 4.79 Å². The highest BCUT2D eigenvalue weighted by atomic mass is 19.1. The first kappa shape index (κ1) is 25.5. The molecule has 1 fully saturated rings. The van der Waals surface area contributed by atoms with E-state index in [0.29, 0.717) is 30.5 Å². The summed E-state index contributed by atoms with van der Waals surface area (Å²) < 4.78 is 33.2. The Bertz CT molecular complexity index is 1380. The van der Waals surface area contributed by atoms with Gasteiger partial charge in [-0.1, -0.05) is 36.4 Å². The zero-order chi connectivity index (χ0) is 26.5. The average molecular weight is 516 g/mol. The molecule has 0 spiro atoms. The minimum Gasteiger partial charge on any atom is -0.497 e. The Morgan fingerprint density at radius 1 is 1.08 bits per heavy atom. The lowest BCUT2D eigenvalue weighted by atomic mass is 10.1. The number of amides is 1. The van der Waals surface area contributed by atoms with Gasteiger partial charge < -0.3 is 19.1 Å². The summed E-state index contributed by atoms with van der Waals surface area (Å²) in [6, 6.07) is 22.8. The molecule has 4 aromatic rings. The number of aromatic nitrogens is 2. The molecule has 1 saturated heterocycles. The van der Waals surface area contributed by atoms with Crippen LogP contribution in [-0.4, -0.2) is 47.0 Å². The quantitative estimate of drug-likeness (QED) is 0.280. The molecule has 0 saturated carbocycles. The average Bonchev–Trinajstić information content (AvgIpc) is 3.57. The summed E-state index contributed by atoms with van der Waals surface area (Å²) in [6.07, 6.45) is 1.72. The van der Waals surface area contributed by atoms with Gasteiger partial charge in [-0.15, -0.1) is 0 Å². The number of hydrogen-bond donors (Lipinski definition) is 0. The van der Waals surface area contributed by atoms with Crippen LogP contribution < -0.4 is 9.47 Å². The van der Waals surface area contributed by atoms with Gasteiger partial charge in [0, 0.05) is 31.3 Å². The highest BCUT2D eigenvalue weighted by molar-refractivity contribution is 5.94. The van der Waals surface area contributed by atoms with Crippen LogP contribution in [0.15, 0.2) is 78.9 Å². The van der Waals surface area contributed by atoms with E-state index in [2.05, 4.69) is 0 Å². The molecule has 8 heteroatoms. The van der Waals surface area contributed by atoms with Gasteiger partial charge in [-0.25, -0.2) is 9.07 Å². The van der Waals surface area contributed by atoms with Crippen LogP contribution in [0, 0.1) is 5.82 Å². The first-order valence-electron chi connectivity index (χ1n) is 12.6. The fraction of sp³-hybridized carbons (Fsp3) is 0.267. The second kappa shape index (κ2) is 11.5. The lowest BCUT2D eigenvalue weighted by Gasteiger charge is -2.26. The molecule has 7 nitrogen and oxygen atoms in total. The Balaban J connectivity index is 1.55. The molecule has 1 amide bonds. The molecule has 2 heterocycles. The molecular formula is C30H30FN3O4. The van der Waals surface area contributed by atoms with E-state index in [4.69, 9.17) is 19.3 Å². The Morgan fingerprint density at radius 2 is 1.84 bits per heavy atom. The molecule has 0 aliphatic carbocycles. The van der Waals surface area contributed by atoms with Crippen molar-refractivity contribution in [1.29, 1.82) is 0 Å². The number of carbonyl (C=O) groups excluding carboxylic acids is 1. The van der Waals surface area contributed by atoms with E-state index in [9.17, 15) is 9.18 Å². The smallest absolute Gasteiger partial charge is 0.254 e. The maximum atomic E-state index is 14.0. The van der Waals surface area contributed by atoms with Gasteiger partial charge in [-0.05, 0) is 55.3 Å². The molecule has 5 rings (SSSR count). The zero-order valence-electron chi connectivity index (χ0n) is 21.5. The Morgan fingerprint density at radius 3 is 2.53 bits per heavy atom. The maximum absolute atomic E-state index is 14.0. The van der Waals surface area contributed by atoms with Gasteiger partial charge in [0.1, 0.15) is 23.0 Å². The third-order valence-electron chi connectivity index (χ3n) is 6.56. The number of hydrogen-bond acceptors (Lipinski definition) is 5. The maximum Gasteiger partial charge on any atom is 0.254 e.